The largest absolute Gasteiger partial charge is 0.0728 e. The van der Waals surface area contributed by atoms with Crippen molar-refractivity contribution in [1.82, 2.24) is 0 Å². The van der Waals surface area contributed by atoms with Crippen LogP contribution in [0.3, 0.4) is 0 Å². The minimum atomic E-state index is 0.572. The highest BCUT2D eigenvalue weighted by Gasteiger charge is 2.33. The SMILES string of the molecule is C1=C(C2CCCCCC2)c2ccccc2C1CC1C=C(C2CCCCCC2)c2ccccc21. The van der Waals surface area contributed by atoms with Crippen LogP contribution in [0, 0.1) is 11.8 Å². The highest BCUT2D eigenvalue weighted by atomic mass is 14.4. The second kappa shape index (κ2) is 9.65. The zero-order valence-corrected chi connectivity index (χ0v) is 20.3. The molecule has 2 aromatic rings. The lowest BCUT2D eigenvalue weighted by atomic mass is 9.87. The topological polar surface area (TPSA) is 0 Å². The van der Waals surface area contributed by atoms with E-state index in [4.69, 9.17) is 0 Å². The maximum atomic E-state index is 2.71. The van der Waals surface area contributed by atoms with E-state index in [1.54, 1.807) is 33.4 Å². The minimum Gasteiger partial charge on any atom is -0.0728 e. The van der Waals surface area contributed by atoms with E-state index in [-0.39, 0.29) is 0 Å². The molecule has 0 aliphatic heterocycles. The molecule has 0 bridgehead atoms. The van der Waals surface area contributed by atoms with Gasteiger partial charge in [-0.05, 0) is 77.3 Å². The van der Waals surface area contributed by atoms with E-state index in [2.05, 4.69) is 60.7 Å². The number of fused-ring (bicyclic) bond motifs is 2. The third kappa shape index (κ3) is 4.27. The van der Waals surface area contributed by atoms with E-state index in [9.17, 15) is 0 Å². The smallest absolute Gasteiger partial charge is 0.00389 e. The molecule has 2 fully saturated rings. The van der Waals surface area contributed by atoms with Gasteiger partial charge in [0.2, 0.25) is 0 Å². The summed E-state index contributed by atoms with van der Waals surface area (Å²) >= 11 is 0. The van der Waals surface area contributed by atoms with Crippen molar-refractivity contribution in [3.8, 4) is 0 Å². The molecule has 4 aliphatic carbocycles. The Morgan fingerprint density at radius 3 is 1.30 bits per heavy atom. The lowest BCUT2D eigenvalue weighted by molar-refractivity contribution is 0.573. The average Bonchev–Trinajstić information content (AvgIpc) is 3.12. The summed E-state index contributed by atoms with van der Waals surface area (Å²) in [5.74, 6) is 2.71. The second-order valence-corrected chi connectivity index (χ2v) is 11.2. The van der Waals surface area contributed by atoms with Crippen molar-refractivity contribution in [3.05, 3.63) is 82.9 Å². The van der Waals surface area contributed by atoms with Gasteiger partial charge in [0.15, 0.2) is 0 Å². The van der Waals surface area contributed by atoms with Gasteiger partial charge in [-0.25, -0.2) is 0 Å². The minimum absolute atomic E-state index is 0.572. The molecule has 2 atom stereocenters. The van der Waals surface area contributed by atoms with Crippen molar-refractivity contribution in [2.75, 3.05) is 0 Å². The normalized spacial score (nSPS) is 26.2. The molecule has 0 saturated heterocycles. The van der Waals surface area contributed by atoms with Crippen molar-refractivity contribution in [1.29, 1.82) is 0 Å². The fraction of sp³-hybridized carbons (Fsp3) is 0.515. The van der Waals surface area contributed by atoms with Gasteiger partial charge < -0.3 is 0 Å². The first-order valence-corrected chi connectivity index (χ1v) is 14.0. The Morgan fingerprint density at radius 2 is 0.879 bits per heavy atom. The third-order valence-corrected chi connectivity index (χ3v) is 9.20. The van der Waals surface area contributed by atoms with E-state index < -0.39 is 0 Å². The van der Waals surface area contributed by atoms with Crippen LogP contribution >= 0.6 is 0 Å². The first kappa shape index (κ1) is 21.5. The summed E-state index contributed by atoms with van der Waals surface area (Å²) in [5, 5.41) is 0. The first-order valence-electron chi connectivity index (χ1n) is 14.0. The zero-order chi connectivity index (χ0) is 22.0. The van der Waals surface area contributed by atoms with Gasteiger partial charge in [0.1, 0.15) is 0 Å². The molecule has 2 unspecified atom stereocenters. The van der Waals surface area contributed by atoms with E-state index in [0.717, 1.165) is 11.8 Å². The van der Waals surface area contributed by atoms with Crippen LogP contribution in [0.2, 0.25) is 0 Å². The molecule has 0 heterocycles. The van der Waals surface area contributed by atoms with Gasteiger partial charge in [0.25, 0.3) is 0 Å². The fourth-order valence-electron chi connectivity index (χ4n) is 7.52. The van der Waals surface area contributed by atoms with Crippen LogP contribution in [0.4, 0.5) is 0 Å². The summed E-state index contributed by atoms with van der Waals surface area (Å²) in [6.07, 6.45) is 23.6. The van der Waals surface area contributed by atoms with Crippen molar-refractivity contribution < 1.29 is 0 Å². The Morgan fingerprint density at radius 1 is 0.485 bits per heavy atom. The molecule has 0 heteroatoms. The van der Waals surface area contributed by atoms with E-state index in [0.29, 0.717) is 11.8 Å². The van der Waals surface area contributed by atoms with Gasteiger partial charge >= 0.3 is 0 Å². The van der Waals surface area contributed by atoms with Gasteiger partial charge in [0, 0.05) is 11.8 Å². The summed E-state index contributed by atoms with van der Waals surface area (Å²) in [4.78, 5) is 0. The highest BCUT2D eigenvalue weighted by Crippen LogP contribution is 2.50. The van der Waals surface area contributed by atoms with Crippen LogP contribution < -0.4 is 0 Å². The lowest BCUT2D eigenvalue weighted by Crippen LogP contribution is -2.01. The van der Waals surface area contributed by atoms with Gasteiger partial charge in [-0.3, -0.25) is 0 Å². The van der Waals surface area contributed by atoms with E-state index >= 15 is 0 Å². The molecule has 172 valence electrons. The molecule has 6 rings (SSSR count). The fourth-order valence-corrected chi connectivity index (χ4v) is 7.52. The number of hydrogen-bond donors (Lipinski definition) is 0. The summed E-state index contributed by atoms with van der Waals surface area (Å²) in [5.41, 5.74) is 9.74. The molecule has 0 aromatic heterocycles. The van der Waals surface area contributed by atoms with Crippen molar-refractivity contribution >= 4 is 11.1 Å². The lowest BCUT2D eigenvalue weighted by Gasteiger charge is -2.17. The number of rotatable bonds is 4. The second-order valence-electron chi connectivity index (χ2n) is 11.2. The van der Waals surface area contributed by atoms with Crippen molar-refractivity contribution in [2.24, 2.45) is 11.8 Å². The van der Waals surface area contributed by atoms with Crippen LogP contribution in [0.5, 0.6) is 0 Å². The molecular weight excluding hydrogens is 396 g/mol. The molecule has 0 radical (unpaired) electrons. The number of benzene rings is 2. The summed E-state index contributed by atoms with van der Waals surface area (Å²) < 4.78 is 0. The Balaban J connectivity index is 1.30. The maximum Gasteiger partial charge on any atom is 0.00389 e. The predicted octanol–water partition coefficient (Wildman–Crippen LogP) is 9.68. The molecule has 2 aromatic carbocycles. The maximum absolute atomic E-state index is 2.71. The number of hydrogen-bond acceptors (Lipinski definition) is 0. The van der Waals surface area contributed by atoms with Crippen LogP contribution in [0.1, 0.15) is 118 Å². The predicted molar refractivity (Wildman–Crippen MR) is 141 cm³/mol. The van der Waals surface area contributed by atoms with Crippen LogP contribution in [-0.2, 0) is 0 Å². The third-order valence-electron chi connectivity index (χ3n) is 9.20. The molecule has 33 heavy (non-hydrogen) atoms. The summed E-state index contributed by atoms with van der Waals surface area (Å²) in [6.45, 7) is 0. The van der Waals surface area contributed by atoms with E-state index in [1.165, 1.54) is 83.5 Å². The van der Waals surface area contributed by atoms with Crippen molar-refractivity contribution in [2.45, 2.75) is 95.3 Å². The Labute approximate surface area is 201 Å². The average molecular weight is 437 g/mol. The van der Waals surface area contributed by atoms with Crippen molar-refractivity contribution in [3.63, 3.8) is 0 Å². The highest BCUT2D eigenvalue weighted by molar-refractivity contribution is 5.78. The quantitative estimate of drug-likeness (QED) is 0.418. The van der Waals surface area contributed by atoms with E-state index in [1.807, 2.05) is 0 Å². The Hall–Kier alpha value is -2.08. The van der Waals surface area contributed by atoms with Gasteiger partial charge in [-0.2, -0.15) is 0 Å². The van der Waals surface area contributed by atoms with Gasteiger partial charge in [0.05, 0.1) is 0 Å². The monoisotopic (exact) mass is 436 g/mol. The van der Waals surface area contributed by atoms with Gasteiger partial charge in [-0.15, -0.1) is 0 Å². The Bertz CT molecular complexity index is 938. The van der Waals surface area contributed by atoms with Gasteiger partial charge in [-0.1, -0.05) is 112 Å². The first-order chi connectivity index (χ1) is 16.4. The Kier molecular flexibility index (Phi) is 6.27. The molecule has 0 N–H and O–H groups in total. The summed E-state index contributed by atoms with van der Waals surface area (Å²) in [7, 11) is 0. The molecule has 4 aliphatic rings. The molecular formula is C33H40. The number of allylic oxidation sites excluding steroid dienone is 4. The molecule has 0 amide bonds. The molecule has 0 spiro atoms. The summed E-state index contributed by atoms with van der Waals surface area (Å²) in [6, 6.07) is 18.8. The zero-order valence-electron chi connectivity index (χ0n) is 20.3. The van der Waals surface area contributed by atoms with Crippen LogP contribution in [0.25, 0.3) is 11.1 Å². The molecule has 0 nitrogen and oxygen atoms in total. The van der Waals surface area contributed by atoms with Crippen LogP contribution in [-0.4, -0.2) is 0 Å². The van der Waals surface area contributed by atoms with Crippen LogP contribution in [0.15, 0.2) is 60.7 Å². The standard InChI is InChI=1S/C33H40/c1-2-6-14-24(13-5-1)32-22-26(28-17-9-11-19-30(28)32)21-27-23-33(25-15-7-3-4-8-16-25)31-20-12-10-18-29(27)31/h9-12,17-20,22-27H,1-8,13-16,21H2. The molecule has 2 saturated carbocycles.